The number of aromatic nitrogens is 3. The van der Waals surface area contributed by atoms with Crippen molar-refractivity contribution in [2.45, 2.75) is 74.9 Å². The molecule has 2 unspecified atom stereocenters. The number of fused-ring (bicyclic) bond motifs is 5. The summed E-state index contributed by atoms with van der Waals surface area (Å²) >= 11 is 0. The number of piperazine rings is 1. The third-order valence-electron chi connectivity index (χ3n) is 10.6. The number of pyridine rings is 1. The van der Waals surface area contributed by atoms with Crippen molar-refractivity contribution in [3.8, 4) is 17.3 Å². The third-order valence-corrected chi connectivity index (χ3v) is 10.6. The van der Waals surface area contributed by atoms with Gasteiger partial charge in [-0.3, -0.25) is 9.88 Å². The number of anilines is 1. The monoisotopic (exact) mass is 564 g/mol. The number of nitrogens with zero attached hydrogens (tertiary/aromatic N) is 5. The van der Waals surface area contributed by atoms with Crippen molar-refractivity contribution in [1.82, 2.24) is 25.2 Å². The fraction of sp³-hybridized carbons (Fsp3) is 0.500. The number of hydrogen-bond donors (Lipinski definition) is 1. The van der Waals surface area contributed by atoms with E-state index in [4.69, 9.17) is 19.7 Å². The summed E-state index contributed by atoms with van der Waals surface area (Å²) in [6.45, 7) is 4.51. The zero-order valence-corrected chi connectivity index (χ0v) is 24.0. The van der Waals surface area contributed by atoms with Crippen molar-refractivity contribution in [2.24, 2.45) is 0 Å². The second kappa shape index (κ2) is 9.58. The van der Waals surface area contributed by atoms with E-state index in [1.54, 1.807) is 6.20 Å². The minimum atomic E-state index is -0.390. The Morgan fingerprint density at radius 2 is 1.71 bits per heavy atom. The molecule has 4 aliphatic heterocycles. The molecule has 2 atom stereocenters. The average Bonchev–Trinajstić information content (AvgIpc) is 3.54. The highest BCUT2D eigenvalue weighted by Crippen LogP contribution is 2.46. The van der Waals surface area contributed by atoms with Crippen LogP contribution in [0.3, 0.4) is 0 Å². The lowest BCUT2D eigenvalue weighted by Gasteiger charge is -2.34. The van der Waals surface area contributed by atoms with Gasteiger partial charge in [-0.25, -0.2) is 4.39 Å². The molecular weight excluding hydrogens is 527 g/mol. The van der Waals surface area contributed by atoms with Gasteiger partial charge in [-0.15, -0.1) is 0 Å². The van der Waals surface area contributed by atoms with Crippen molar-refractivity contribution in [3.63, 3.8) is 0 Å². The first-order valence-electron chi connectivity index (χ1n) is 15.9. The minimum Gasteiger partial charge on any atom is -0.461 e. The molecule has 216 valence electrons. The van der Waals surface area contributed by atoms with Gasteiger partial charge in [0.25, 0.3) is 0 Å². The largest absolute Gasteiger partial charge is 0.461 e. The summed E-state index contributed by atoms with van der Waals surface area (Å²) < 4.78 is 23.3. The predicted octanol–water partition coefficient (Wildman–Crippen LogP) is 5.81. The van der Waals surface area contributed by atoms with E-state index < -0.39 is 5.82 Å². The predicted molar refractivity (Wildman–Crippen MR) is 163 cm³/mol. The maximum Gasteiger partial charge on any atom is 0.319 e. The molecule has 5 fully saturated rings. The van der Waals surface area contributed by atoms with Crippen LogP contribution < -0.4 is 15.0 Å². The number of ether oxygens (including phenoxy) is 1. The van der Waals surface area contributed by atoms with E-state index in [0.29, 0.717) is 41.2 Å². The van der Waals surface area contributed by atoms with E-state index in [1.807, 2.05) is 12.1 Å². The normalized spacial score (nSPS) is 25.0. The fourth-order valence-electron chi connectivity index (χ4n) is 8.45. The van der Waals surface area contributed by atoms with Crippen molar-refractivity contribution in [2.75, 3.05) is 37.7 Å². The molecule has 2 aromatic heterocycles. The molecule has 1 aliphatic carbocycles. The molecule has 2 aromatic carbocycles. The first kappa shape index (κ1) is 25.2. The summed E-state index contributed by atoms with van der Waals surface area (Å²) in [6.07, 6.45) is 11.2. The molecule has 0 radical (unpaired) electrons. The summed E-state index contributed by atoms with van der Waals surface area (Å²) in [4.78, 5) is 19.4. The maximum absolute atomic E-state index is 16.8. The molecule has 42 heavy (non-hydrogen) atoms. The summed E-state index contributed by atoms with van der Waals surface area (Å²) in [5, 5.41) is 6.60. The molecule has 4 saturated heterocycles. The van der Waals surface area contributed by atoms with Crippen LogP contribution in [0.15, 0.2) is 42.6 Å². The number of benzene rings is 2. The van der Waals surface area contributed by atoms with Crippen LogP contribution in [0.25, 0.3) is 32.9 Å². The standard InChI is InChI=1S/C34H37FN6O/c35-29-30(26-8-2-6-22-5-1-7-25(28(22)26)21-9-10-21)36-17-27-31(29)38-33(42-20-34-13-3-15-41(34)16-4-14-34)39-32(27)40-18-23-11-12-24(19-40)37-23/h1-2,5-8,17,21,23-24,37H,3-4,9-16,18-20H2. The molecule has 0 amide bonds. The second-order valence-corrected chi connectivity index (χ2v) is 13.3. The first-order chi connectivity index (χ1) is 20.6. The summed E-state index contributed by atoms with van der Waals surface area (Å²) in [6, 6.07) is 13.7. The van der Waals surface area contributed by atoms with Crippen LogP contribution in [-0.2, 0) is 0 Å². The number of halogens is 1. The Morgan fingerprint density at radius 3 is 2.48 bits per heavy atom. The Bertz CT molecular complexity index is 1680. The number of nitrogens with one attached hydrogen (secondary N) is 1. The molecule has 5 aliphatic rings. The Balaban J connectivity index is 1.18. The minimum absolute atomic E-state index is 0.0662. The van der Waals surface area contributed by atoms with Gasteiger partial charge in [0.1, 0.15) is 23.6 Å². The van der Waals surface area contributed by atoms with E-state index in [0.717, 1.165) is 74.0 Å². The molecule has 8 heteroatoms. The van der Waals surface area contributed by atoms with Gasteiger partial charge >= 0.3 is 6.01 Å². The van der Waals surface area contributed by atoms with Crippen LogP contribution in [0.5, 0.6) is 6.01 Å². The Kier molecular flexibility index (Phi) is 5.74. The Labute approximate surface area is 245 Å². The van der Waals surface area contributed by atoms with Gasteiger partial charge in [-0.2, -0.15) is 9.97 Å². The van der Waals surface area contributed by atoms with Crippen molar-refractivity contribution >= 4 is 27.5 Å². The molecule has 9 rings (SSSR count). The lowest BCUT2D eigenvalue weighted by molar-refractivity contribution is 0.108. The topological polar surface area (TPSA) is 66.4 Å². The van der Waals surface area contributed by atoms with Gasteiger partial charge in [0.15, 0.2) is 5.82 Å². The van der Waals surface area contributed by atoms with E-state index in [9.17, 15) is 0 Å². The van der Waals surface area contributed by atoms with Gasteiger partial charge in [-0.1, -0.05) is 36.4 Å². The molecular formula is C34H37FN6O. The Morgan fingerprint density at radius 1 is 0.952 bits per heavy atom. The summed E-state index contributed by atoms with van der Waals surface area (Å²) in [5.41, 5.74) is 2.86. The molecule has 6 heterocycles. The molecule has 1 saturated carbocycles. The highest BCUT2D eigenvalue weighted by Gasteiger charge is 2.45. The molecule has 4 aromatic rings. The van der Waals surface area contributed by atoms with Crippen LogP contribution in [-0.4, -0.2) is 70.3 Å². The van der Waals surface area contributed by atoms with Crippen LogP contribution in [0.1, 0.15) is 62.8 Å². The van der Waals surface area contributed by atoms with E-state index in [1.165, 1.54) is 31.2 Å². The second-order valence-electron chi connectivity index (χ2n) is 13.3. The van der Waals surface area contributed by atoms with E-state index in [-0.39, 0.29) is 11.5 Å². The molecule has 1 N–H and O–H groups in total. The van der Waals surface area contributed by atoms with Crippen molar-refractivity contribution in [3.05, 3.63) is 54.0 Å². The van der Waals surface area contributed by atoms with Crippen LogP contribution in [0, 0.1) is 5.82 Å². The van der Waals surface area contributed by atoms with Crippen LogP contribution in [0.4, 0.5) is 10.2 Å². The SMILES string of the molecule is Fc1c(-c2cccc3cccc(C4CC4)c23)ncc2c(N3CC4CCC(C3)N4)nc(OCC34CCCN3CCC4)nc12. The van der Waals surface area contributed by atoms with Crippen molar-refractivity contribution in [1.29, 1.82) is 0 Å². The maximum atomic E-state index is 16.8. The average molecular weight is 565 g/mol. The van der Waals surface area contributed by atoms with E-state index in [2.05, 4.69) is 39.4 Å². The molecule has 0 spiro atoms. The lowest BCUT2D eigenvalue weighted by atomic mass is 9.94. The van der Waals surface area contributed by atoms with Gasteiger partial charge in [0.05, 0.1) is 10.9 Å². The van der Waals surface area contributed by atoms with Crippen LogP contribution >= 0.6 is 0 Å². The summed E-state index contributed by atoms with van der Waals surface area (Å²) in [5.74, 6) is 0.898. The van der Waals surface area contributed by atoms with Gasteiger partial charge in [-0.05, 0) is 86.7 Å². The first-order valence-corrected chi connectivity index (χ1v) is 15.9. The quantitative estimate of drug-likeness (QED) is 0.317. The zero-order valence-electron chi connectivity index (χ0n) is 24.0. The van der Waals surface area contributed by atoms with Crippen molar-refractivity contribution < 1.29 is 9.13 Å². The molecule has 7 nitrogen and oxygen atoms in total. The number of hydrogen-bond acceptors (Lipinski definition) is 7. The van der Waals surface area contributed by atoms with Gasteiger partial charge < -0.3 is 15.0 Å². The van der Waals surface area contributed by atoms with Crippen LogP contribution in [0.2, 0.25) is 0 Å². The zero-order chi connectivity index (χ0) is 27.8. The smallest absolute Gasteiger partial charge is 0.319 e. The molecule has 2 bridgehead atoms. The highest BCUT2D eigenvalue weighted by atomic mass is 19.1. The highest BCUT2D eigenvalue weighted by molar-refractivity contribution is 6.01. The van der Waals surface area contributed by atoms with Gasteiger partial charge in [0, 0.05) is 36.9 Å². The van der Waals surface area contributed by atoms with E-state index >= 15 is 4.39 Å². The third kappa shape index (κ3) is 4.02. The van der Waals surface area contributed by atoms with Gasteiger partial charge in [0.2, 0.25) is 0 Å². The fourth-order valence-corrected chi connectivity index (χ4v) is 8.45. The lowest BCUT2D eigenvalue weighted by Crippen LogP contribution is -2.51. The number of rotatable bonds is 6. The summed E-state index contributed by atoms with van der Waals surface area (Å²) in [7, 11) is 0. The Hall–Kier alpha value is -3.36.